The fourth-order valence-electron chi connectivity index (χ4n) is 1.44. The molecule has 6 nitrogen and oxygen atoms in total. The van der Waals surface area contributed by atoms with Gasteiger partial charge >= 0.3 is 0 Å². The zero-order chi connectivity index (χ0) is 12.3. The van der Waals surface area contributed by atoms with Crippen molar-refractivity contribution >= 4 is 27.5 Å². The van der Waals surface area contributed by atoms with Crippen LogP contribution in [0.25, 0.3) is 10.2 Å². The lowest BCUT2D eigenvalue weighted by Gasteiger charge is -2.06. The minimum atomic E-state index is -0.0539. The van der Waals surface area contributed by atoms with Crippen molar-refractivity contribution in [2.45, 2.75) is 13.3 Å². The smallest absolute Gasteiger partial charge is 0.241 e. The van der Waals surface area contributed by atoms with Crippen molar-refractivity contribution in [1.82, 2.24) is 9.97 Å². The summed E-state index contributed by atoms with van der Waals surface area (Å²) < 4.78 is 5.38. The molecule has 0 aliphatic carbocycles. The molecule has 7 heteroatoms. The van der Waals surface area contributed by atoms with Gasteiger partial charge in [0.25, 0.3) is 0 Å². The summed E-state index contributed by atoms with van der Waals surface area (Å²) in [6.45, 7) is 2.23. The van der Waals surface area contributed by atoms with Crippen LogP contribution in [-0.2, 0) is 6.42 Å². The molecule has 0 amide bonds. The van der Waals surface area contributed by atoms with Crippen LogP contribution in [0.2, 0.25) is 0 Å². The lowest BCUT2D eigenvalue weighted by Crippen LogP contribution is -2.11. The first kappa shape index (κ1) is 12.0. The third-order valence-electron chi connectivity index (χ3n) is 2.22. The number of fused-ring (bicyclic) bond motifs is 1. The average Bonchev–Trinajstić information content (AvgIpc) is 2.78. The quantitative estimate of drug-likeness (QED) is 0.542. The van der Waals surface area contributed by atoms with Crippen molar-refractivity contribution in [2.24, 2.45) is 5.84 Å². The fourth-order valence-corrected chi connectivity index (χ4v) is 2.39. The van der Waals surface area contributed by atoms with Crippen molar-refractivity contribution in [2.75, 3.05) is 18.6 Å². The fraction of sp³-hybridized carbons (Fsp3) is 0.400. The summed E-state index contributed by atoms with van der Waals surface area (Å²) in [5.74, 6) is 6.07. The molecule has 92 valence electrons. The summed E-state index contributed by atoms with van der Waals surface area (Å²) in [5, 5.41) is 9.63. The van der Waals surface area contributed by atoms with Crippen LogP contribution in [0.1, 0.15) is 11.8 Å². The van der Waals surface area contributed by atoms with E-state index >= 15 is 0 Å². The number of hydrazine groups is 1. The van der Waals surface area contributed by atoms with Crippen molar-refractivity contribution < 1.29 is 9.84 Å². The first-order valence-corrected chi connectivity index (χ1v) is 6.10. The average molecular weight is 254 g/mol. The van der Waals surface area contributed by atoms with Gasteiger partial charge in [0.1, 0.15) is 11.4 Å². The number of ether oxygens (including phenoxy) is 1. The van der Waals surface area contributed by atoms with Crippen molar-refractivity contribution in [3.63, 3.8) is 0 Å². The number of aliphatic hydroxyl groups is 1. The molecule has 0 aliphatic rings. The van der Waals surface area contributed by atoms with E-state index in [0.717, 1.165) is 16.6 Å². The maximum Gasteiger partial charge on any atom is 0.241 e. The van der Waals surface area contributed by atoms with E-state index in [4.69, 9.17) is 15.7 Å². The Balaban J connectivity index is 2.48. The number of nitrogen functional groups attached to an aromatic ring is 1. The van der Waals surface area contributed by atoms with Crippen molar-refractivity contribution in [3.8, 4) is 5.88 Å². The predicted octanol–water partition coefficient (Wildman–Crippen LogP) is 0.910. The van der Waals surface area contributed by atoms with Crippen LogP contribution < -0.4 is 16.0 Å². The highest BCUT2D eigenvalue weighted by atomic mass is 32.1. The van der Waals surface area contributed by atoms with E-state index < -0.39 is 0 Å². The number of aromatic nitrogens is 2. The van der Waals surface area contributed by atoms with Gasteiger partial charge in [0.05, 0.1) is 12.0 Å². The molecular formula is C10H14N4O2S. The molecule has 2 aromatic rings. The molecule has 0 aromatic carbocycles. The minimum Gasteiger partial charge on any atom is -0.475 e. The Kier molecular flexibility index (Phi) is 3.72. The maximum atomic E-state index is 8.77. The van der Waals surface area contributed by atoms with E-state index in [-0.39, 0.29) is 13.2 Å². The van der Waals surface area contributed by atoms with Crippen molar-refractivity contribution in [1.29, 1.82) is 0 Å². The summed E-state index contributed by atoms with van der Waals surface area (Å²) in [4.78, 5) is 10.4. The topological polar surface area (TPSA) is 93.3 Å². The SMILES string of the molecule is CCc1cc2c(OCCO)nc(NN)nc2s1. The van der Waals surface area contributed by atoms with Crippen LogP contribution in [-0.4, -0.2) is 28.3 Å². The summed E-state index contributed by atoms with van der Waals surface area (Å²) >= 11 is 1.59. The molecule has 0 spiro atoms. The van der Waals surface area contributed by atoms with Gasteiger partial charge in [-0.3, -0.25) is 5.43 Å². The van der Waals surface area contributed by atoms with Gasteiger partial charge in [0, 0.05) is 4.88 Å². The number of rotatable bonds is 5. The third-order valence-corrected chi connectivity index (χ3v) is 3.39. The zero-order valence-electron chi connectivity index (χ0n) is 9.43. The molecule has 4 N–H and O–H groups in total. The standard InChI is InChI=1S/C10H14N4O2S/c1-2-6-5-7-8(16-4-3-15)12-10(14-11)13-9(7)17-6/h5,15H,2-4,11H2,1H3,(H,12,13,14). The van der Waals surface area contributed by atoms with E-state index in [1.165, 1.54) is 4.88 Å². The largest absolute Gasteiger partial charge is 0.475 e. The number of nitrogens with zero attached hydrogens (tertiary/aromatic N) is 2. The molecule has 2 aromatic heterocycles. The molecule has 0 unspecified atom stereocenters. The van der Waals surface area contributed by atoms with E-state index in [1.54, 1.807) is 11.3 Å². The predicted molar refractivity (Wildman–Crippen MR) is 67.2 cm³/mol. The summed E-state index contributed by atoms with van der Waals surface area (Å²) in [5.41, 5.74) is 2.41. The Morgan fingerprint density at radius 2 is 2.35 bits per heavy atom. The van der Waals surface area contributed by atoms with Crippen LogP contribution in [0.5, 0.6) is 5.88 Å². The number of hydrogen-bond donors (Lipinski definition) is 3. The molecule has 0 fully saturated rings. The van der Waals surface area contributed by atoms with Gasteiger partial charge < -0.3 is 9.84 Å². The van der Waals surface area contributed by atoms with Gasteiger partial charge in [-0.25, -0.2) is 10.8 Å². The molecule has 2 heterocycles. The lowest BCUT2D eigenvalue weighted by atomic mass is 10.3. The summed E-state index contributed by atoms with van der Waals surface area (Å²) in [6, 6.07) is 2.01. The van der Waals surface area contributed by atoms with Crippen LogP contribution in [0.15, 0.2) is 6.07 Å². The number of hydrogen-bond acceptors (Lipinski definition) is 7. The first-order valence-electron chi connectivity index (χ1n) is 5.29. The molecule has 0 bridgehead atoms. The monoisotopic (exact) mass is 254 g/mol. The third kappa shape index (κ3) is 2.46. The van der Waals surface area contributed by atoms with Gasteiger partial charge in [-0.1, -0.05) is 6.92 Å². The molecule has 0 radical (unpaired) electrons. The van der Waals surface area contributed by atoms with Gasteiger partial charge in [-0.05, 0) is 12.5 Å². The van der Waals surface area contributed by atoms with E-state index in [9.17, 15) is 0 Å². The van der Waals surface area contributed by atoms with Crippen LogP contribution in [0.3, 0.4) is 0 Å². The van der Waals surface area contributed by atoms with Crippen molar-refractivity contribution in [3.05, 3.63) is 10.9 Å². The molecular weight excluding hydrogens is 240 g/mol. The number of aryl methyl sites for hydroxylation is 1. The van der Waals surface area contributed by atoms with Gasteiger partial charge in [-0.2, -0.15) is 4.98 Å². The van der Waals surface area contributed by atoms with Crippen LogP contribution in [0, 0.1) is 0 Å². The lowest BCUT2D eigenvalue weighted by molar-refractivity contribution is 0.198. The Labute approximate surface area is 102 Å². The molecule has 0 saturated heterocycles. The molecule has 17 heavy (non-hydrogen) atoms. The molecule has 2 rings (SSSR count). The maximum absolute atomic E-state index is 8.77. The Bertz CT molecular complexity index is 514. The number of aliphatic hydroxyl groups excluding tert-OH is 1. The van der Waals surface area contributed by atoms with Gasteiger partial charge in [0.2, 0.25) is 11.8 Å². The second kappa shape index (κ2) is 5.26. The van der Waals surface area contributed by atoms with E-state index in [2.05, 4.69) is 22.3 Å². The number of nitrogens with two attached hydrogens (primary N) is 1. The Morgan fingerprint density at radius 3 is 3.00 bits per heavy atom. The molecule has 0 atom stereocenters. The van der Waals surface area contributed by atoms with Crippen LogP contribution in [0.4, 0.5) is 5.95 Å². The summed E-state index contributed by atoms with van der Waals surface area (Å²) in [6.07, 6.45) is 0.936. The molecule has 0 aliphatic heterocycles. The zero-order valence-corrected chi connectivity index (χ0v) is 10.3. The second-order valence-electron chi connectivity index (χ2n) is 3.35. The van der Waals surface area contributed by atoms with E-state index in [1.807, 2.05) is 6.07 Å². The molecule has 0 saturated carbocycles. The minimum absolute atomic E-state index is 0.0539. The number of anilines is 1. The Morgan fingerprint density at radius 1 is 1.53 bits per heavy atom. The van der Waals surface area contributed by atoms with Crippen LogP contribution >= 0.6 is 11.3 Å². The highest BCUT2D eigenvalue weighted by Gasteiger charge is 2.11. The van der Waals surface area contributed by atoms with Gasteiger partial charge in [-0.15, -0.1) is 11.3 Å². The highest BCUT2D eigenvalue weighted by molar-refractivity contribution is 7.18. The second-order valence-corrected chi connectivity index (χ2v) is 4.47. The van der Waals surface area contributed by atoms with Gasteiger partial charge in [0.15, 0.2) is 0 Å². The highest BCUT2D eigenvalue weighted by Crippen LogP contribution is 2.31. The number of thiophene rings is 1. The first-order chi connectivity index (χ1) is 8.28. The Hall–Kier alpha value is -1.44. The van der Waals surface area contributed by atoms with E-state index in [0.29, 0.717) is 11.8 Å². The number of nitrogens with one attached hydrogen (secondary N) is 1. The normalized spacial score (nSPS) is 10.8. The summed E-state index contributed by atoms with van der Waals surface area (Å²) in [7, 11) is 0.